The predicted octanol–water partition coefficient (Wildman–Crippen LogP) is 5.90. The fourth-order valence-electron chi connectivity index (χ4n) is 6.67. The molecule has 1 aromatic heterocycles. The van der Waals surface area contributed by atoms with E-state index in [1.165, 1.54) is 11.0 Å². The lowest BCUT2D eigenvalue weighted by Gasteiger charge is -2.47. The van der Waals surface area contributed by atoms with Crippen molar-refractivity contribution >= 4 is 11.6 Å². The number of ether oxygens (including phenoxy) is 1. The van der Waals surface area contributed by atoms with E-state index < -0.39 is 23.1 Å². The zero-order valence-corrected chi connectivity index (χ0v) is 23.9. The number of benzene rings is 2. The molecule has 2 aliphatic carbocycles. The van der Waals surface area contributed by atoms with Crippen molar-refractivity contribution in [2.75, 3.05) is 4.90 Å². The molecule has 2 heterocycles. The molecule has 6 rings (SSSR count). The topological polar surface area (TPSA) is 72.3 Å². The number of hydrogen-bond donors (Lipinski definition) is 1. The number of rotatable bonds is 8. The maximum Gasteiger partial charge on any atom is 0.416 e. The molecule has 1 amide bonds. The number of fused-ring (bicyclic) bond motifs is 1. The van der Waals surface area contributed by atoms with E-state index in [0.717, 1.165) is 30.7 Å². The van der Waals surface area contributed by atoms with Gasteiger partial charge in [0, 0.05) is 30.4 Å². The first-order valence-corrected chi connectivity index (χ1v) is 14.3. The number of aromatic nitrogens is 3. The average Bonchev–Trinajstić information content (AvgIpc) is 3.45. The number of nitrogens with one attached hydrogen (secondary N) is 1. The summed E-state index contributed by atoms with van der Waals surface area (Å²) in [5, 5.41) is 11.9. The van der Waals surface area contributed by atoms with Crippen LogP contribution in [-0.2, 0) is 36.5 Å². The number of halogens is 3. The Morgan fingerprint density at radius 1 is 1.17 bits per heavy atom. The Balaban J connectivity index is 1.32. The van der Waals surface area contributed by atoms with Crippen LogP contribution in [0.15, 0.2) is 42.7 Å². The summed E-state index contributed by atoms with van der Waals surface area (Å²) in [6, 6.07) is 10.4. The second kappa shape index (κ2) is 9.94. The number of anilines is 1. The third-order valence-corrected chi connectivity index (χ3v) is 9.05. The van der Waals surface area contributed by atoms with Crippen molar-refractivity contribution in [1.82, 2.24) is 20.1 Å². The van der Waals surface area contributed by atoms with E-state index in [1.807, 2.05) is 43.7 Å². The molecule has 3 aromatic rings. The highest BCUT2D eigenvalue weighted by Gasteiger charge is 2.51. The van der Waals surface area contributed by atoms with Crippen molar-refractivity contribution in [3.63, 3.8) is 0 Å². The van der Waals surface area contributed by atoms with Crippen LogP contribution in [0.25, 0.3) is 0 Å². The molecule has 0 saturated heterocycles. The summed E-state index contributed by atoms with van der Waals surface area (Å²) in [5.74, 6) is 0.382. The maximum absolute atomic E-state index is 14.2. The van der Waals surface area contributed by atoms with E-state index in [0.29, 0.717) is 24.1 Å². The van der Waals surface area contributed by atoms with Gasteiger partial charge in [-0.3, -0.25) is 4.79 Å². The lowest BCUT2D eigenvalue weighted by atomic mass is 9.62. The number of carbonyl (C=O) groups is 1. The van der Waals surface area contributed by atoms with Crippen molar-refractivity contribution in [3.05, 3.63) is 76.4 Å². The lowest BCUT2D eigenvalue weighted by Crippen LogP contribution is -2.49. The second-order valence-electron chi connectivity index (χ2n) is 12.4. The summed E-state index contributed by atoms with van der Waals surface area (Å²) in [6.07, 6.45) is 1.73. The number of nitrogens with zero attached hydrogens (tertiary/aromatic N) is 4. The summed E-state index contributed by atoms with van der Waals surface area (Å²) < 4.78 is 50.7. The standard InChI is InChI=1S/C31H36F3N5O2/c1-19(2)41-23-14-30(15-23,28-37-36-18-38(28)4)21-7-5-8-22(13-21)39-17-25-24(27(39)40)11-20(12-26(25)31(32,33)34)16-35-29(3)9-6-10-29/h5,7-8,11-13,18-19,23,35H,6,9-10,14-17H2,1-4H3. The van der Waals surface area contributed by atoms with E-state index in [9.17, 15) is 18.0 Å². The smallest absolute Gasteiger partial charge is 0.375 e. The van der Waals surface area contributed by atoms with Gasteiger partial charge in [-0.15, -0.1) is 10.2 Å². The normalized spacial score (nSPS) is 23.5. The van der Waals surface area contributed by atoms with Crippen LogP contribution in [0.3, 0.4) is 0 Å². The first-order valence-electron chi connectivity index (χ1n) is 14.3. The molecule has 41 heavy (non-hydrogen) atoms. The van der Waals surface area contributed by atoms with E-state index in [1.54, 1.807) is 18.5 Å². The van der Waals surface area contributed by atoms with Gasteiger partial charge in [0.05, 0.1) is 29.7 Å². The first-order chi connectivity index (χ1) is 19.4. The minimum atomic E-state index is -4.56. The molecule has 2 aromatic carbocycles. The van der Waals surface area contributed by atoms with Crippen molar-refractivity contribution in [3.8, 4) is 0 Å². The third kappa shape index (κ3) is 4.95. The molecule has 10 heteroatoms. The number of hydrogen-bond acceptors (Lipinski definition) is 5. The highest BCUT2D eigenvalue weighted by molar-refractivity contribution is 6.10. The van der Waals surface area contributed by atoms with Gasteiger partial charge in [0.15, 0.2) is 0 Å². The monoisotopic (exact) mass is 567 g/mol. The minimum Gasteiger partial charge on any atom is -0.375 e. The molecule has 1 N–H and O–H groups in total. The highest BCUT2D eigenvalue weighted by atomic mass is 19.4. The SMILES string of the molecule is CC(C)OC1CC(c2cccc(N3Cc4c(cc(CNC5(C)CCC5)cc4C(F)(F)F)C3=O)c2)(c2nncn2C)C1. The molecule has 7 nitrogen and oxygen atoms in total. The van der Waals surface area contributed by atoms with Gasteiger partial charge >= 0.3 is 6.18 Å². The zero-order chi connectivity index (χ0) is 29.2. The van der Waals surface area contributed by atoms with Gasteiger partial charge in [0.2, 0.25) is 0 Å². The van der Waals surface area contributed by atoms with Crippen LogP contribution in [0.2, 0.25) is 0 Å². The van der Waals surface area contributed by atoms with Gasteiger partial charge in [-0.25, -0.2) is 0 Å². The summed E-state index contributed by atoms with van der Waals surface area (Å²) in [6.45, 7) is 6.25. The molecule has 3 aliphatic rings. The Hall–Kier alpha value is -3.24. The quantitative estimate of drug-likeness (QED) is 0.367. The van der Waals surface area contributed by atoms with Crippen LogP contribution in [-0.4, -0.2) is 38.4 Å². The molecular weight excluding hydrogens is 531 g/mol. The molecule has 1 aliphatic heterocycles. The minimum absolute atomic E-state index is 0.0311. The van der Waals surface area contributed by atoms with E-state index in [4.69, 9.17) is 4.74 Å². The van der Waals surface area contributed by atoms with Crippen molar-refractivity contribution in [1.29, 1.82) is 0 Å². The highest BCUT2D eigenvalue weighted by Crippen LogP contribution is 2.50. The van der Waals surface area contributed by atoms with Gasteiger partial charge < -0.3 is 19.5 Å². The van der Waals surface area contributed by atoms with Gasteiger partial charge in [-0.1, -0.05) is 12.1 Å². The molecule has 0 radical (unpaired) electrons. The van der Waals surface area contributed by atoms with Crippen molar-refractivity contribution in [2.45, 2.75) is 95.3 Å². The fourth-order valence-corrected chi connectivity index (χ4v) is 6.67. The fraction of sp³-hybridized carbons (Fsp3) is 0.516. The summed E-state index contributed by atoms with van der Waals surface area (Å²) in [7, 11) is 1.90. The van der Waals surface area contributed by atoms with E-state index in [2.05, 4.69) is 22.4 Å². The zero-order valence-electron chi connectivity index (χ0n) is 23.9. The van der Waals surface area contributed by atoms with Crippen molar-refractivity contribution in [2.24, 2.45) is 7.05 Å². The first kappa shape index (κ1) is 27.9. The van der Waals surface area contributed by atoms with Gasteiger partial charge in [0.1, 0.15) is 12.2 Å². The van der Waals surface area contributed by atoms with E-state index in [-0.39, 0.29) is 42.0 Å². The number of carbonyl (C=O) groups excluding carboxylic acids is 1. The molecule has 2 fully saturated rings. The van der Waals surface area contributed by atoms with Crippen LogP contribution in [0.4, 0.5) is 18.9 Å². The van der Waals surface area contributed by atoms with Crippen molar-refractivity contribution < 1.29 is 22.7 Å². The number of aryl methyl sites for hydroxylation is 1. The van der Waals surface area contributed by atoms with Crippen LogP contribution >= 0.6 is 0 Å². The Bertz CT molecular complexity index is 1470. The second-order valence-corrected chi connectivity index (χ2v) is 12.4. The van der Waals surface area contributed by atoms with Gasteiger partial charge in [-0.05, 0) is 93.8 Å². The number of amides is 1. The molecule has 0 unspecified atom stereocenters. The van der Waals surface area contributed by atoms with Crippen LogP contribution < -0.4 is 10.2 Å². The lowest BCUT2D eigenvalue weighted by molar-refractivity contribution is -0.138. The summed E-state index contributed by atoms with van der Waals surface area (Å²) >= 11 is 0. The third-order valence-electron chi connectivity index (χ3n) is 9.05. The maximum atomic E-state index is 14.2. The van der Waals surface area contributed by atoms with Crippen LogP contribution in [0.5, 0.6) is 0 Å². The average molecular weight is 568 g/mol. The van der Waals surface area contributed by atoms with E-state index >= 15 is 0 Å². The molecule has 2 saturated carbocycles. The summed E-state index contributed by atoms with van der Waals surface area (Å²) in [4.78, 5) is 15.1. The number of alkyl halides is 3. The molecular formula is C31H36F3N5O2. The molecule has 0 atom stereocenters. The van der Waals surface area contributed by atoms with Crippen LogP contribution in [0.1, 0.15) is 91.3 Å². The molecule has 218 valence electrons. The largest absolute Gasteiger partial charge is 0.416 e. The Morgan fingerprint density at radius 2 is 1.93 bits per heavy atom. The molecule has 0 bridgehead atoms. The summed E-state index contributed by atoms with van der Waals surface area (Å²) in [5.41, 5.74) is 0.862. The van der Waals surface area contributed by atoms with Crippen LogP contribution in [0, 0.1) is 0 Å². The van der Waals surface area contributed by atoms with Gasteiger partial charge in [-0.2, -0.15) is 13.2 Å². The molecule has 0 spiro atoms. The Morgan fingerprint density at radius 3 is 2.54 bits per heavy atom. The van der Waals surface area contributed by atoms with Gasteiger partial charge in [0.25, 0.3) is 5.91 Å². The Kier molecular flexibility index (Phi) is 6.77. The predicted molar refractivity (Wildman–Crippen MR) is 149 cm³/mol. The Labute approximate surface area is 238 Å².